The molecule has 4 heterocycles. The lowest BCUT2D eigenvalue weighted by molar-refractivity contribution is -0.136. The van der Waals surface area contributed by atoms with Gasteiger partial charge in [-0.25, -0.2) is 18.2 Å². The third-order valence-corrected chi connectivity index (χ3v) is 11.0. The minimum atomic E-state index is -1.46. The zero-order chi connectivity index (χ0) is 32.4. The van der Waals surface area contributed by atoms with Gasteiger partial charge < -0.3 is 9.47 Å². The Morgan fingerprint density at radius 1 is 1.00 bits per heavy atom. The summed E-state index contributed by atoms with van der Waals surface area (Å²) in [5, 5.41) is 8.93. The van der Waals surface area contributed by atoms with Gasteiger partial charge in [-0.3, -0.25) is 14.4 Å². The predicted molar refractivity (Wildman–Crippen MR) is 169 cm³/mol. The number of carbonyl (C=O) groups excluding carboxylic acids is 1. The average Bonchev–Trinajstić information content (AvgIpc) is 3.36. The summed E-state index contributed by atoms with van der Waals surface area (Å²) in [5.74, 6) is -4.02. The van der Waals surface area contributed by atoms with Gasteiger partial charge in [-0.1, -0.05) is 5.21 Å². The molecule has 2 aromatic heterocycles. The van der Waals surface area contributed by atoms with Crippen molar-refractivity contribution >= 4 is 16.9 Å². The van der Waals surface area contributed by atoms with Gasteiger partial charge >= 0.3 is 0 Å². The van der Waals surface area contributed by atoms with Crippen molar-refractivity contribution in [3.05, 3.63) is 76.6 Å². The van der Waals surface area contributed by atoms with Crippen LogP contribution >= 0.6 is 0 Å². The van der Waals surface area contributed by atoms with Crippen LogP contribution in [-0.2, 0) is 17.9 Å². The summed E-state index contributed by atoms with van der Waals surface area (Å²) >= 11 is 0. The topological polar surface area (TPSA) is 72.1 Å². The molecule has 0 radical (unpaired) electrons. The molecule has 244 valence electrons. The largest absolute Gasteiger partial charge is 0.337 e. The van der Waals surface area contributed by atoms with E-state index in [4.69, 9.17) is 0 Å². The molecule has 3 aliphatic rings. The molecular weight excluding hydrogens is 591 g/mol. The maximum absolute atomic E-state index is 14.0. The van der Waals surface area contributed by atoms with E-state index < -0.39 is 23.0 Å². The lowest BCUT2D eigenvalue weighted by atomic mass is 9.82. The van der Waals surface area contributed by atoms with E-state index in [1.54, 1.807) is 0 Å². The SMILES string of the molecule is Cc1cc2ncn(Cc3cn(CC4CCCN4CC4(CC(=O)N5CCC(c6cc(F)c(F)c(F)c6)C5(C)C)CC4)nn3)c2cc1C. The highest BCUT2D eigenvalue weighted by atomic mass is 19.2. The number of nitrogens with zero attached hydrogens (tertiary/aromatic N) is 7. The van der Waals surface area contributed by atoms with E-state index in [1.165, 1.54) is 11.1 Å². The highest BCUT2D eigenvalue weighted by Crippen LogP contribution is 2.52. The molecule has 46 heavy (non-hydrogen) atoms. The van der Waals surface area contributed by atoms with Gasteiger partial charge in [0.2, 0.25) is 5.91 Å². The first kappa shape index (κ1) is 30.9. The second kappa shape index (κ2) is 11.5. The fourth-order valence-electron chi connectivity index (χ4n) is 7.94. The second-order valence-corrected chi connectivity index (χ2v) is 14.5. The number of fused-ring (bicyclic) bond motifs is 1. The van der Waals surface area contributed by atoms with Crippen LogP contribution in [-0.4, -0.2) is 71.5 Å². The predicted octanol–water partition coefficient (Wildman–Crippen LogP) is 6.14. The molecular formula is C35H42F3N7O. The van der Waals surface area contributed by atoms with E-state index in [0.717, 1.165) is 74.2 Å². The Balaban J connectivity index is 0.973. The molecule has 2 unspecified atom stereocenters. The number of benzene rings is 2. The Hall–Kier alpha value is -3.73. The zero-order valence-corrected chi connectivity index (χ0v) is 27.1. The number of hydrogen-bond donors (Lipinski definition) is 0. The molecule has 0 spiro atoms. The summed E-state index contributed by atoms with van der Waals surface area (Å²) in [6.45, 7) is 11.9. The van der Waals surface area contributed by atoms with E-state index in [1.807, 2.05) is 36.0 Å². The fourth-order valence-corrected chi connectivity index (χ4v) is 7.94. The normalized spacial score (nSPS) is 22.3. The Labute approximate surface area is 267 Å². The molecule has 2 atom stereocenters. The number of hydrogen-bond acceptors (Lipinski definition) is 5. The summed E-state index contributed by atoms with van der Waals surface area (Å²) < 4.78 is 45.7. The second-order valence-electron chi connectivity index (χ2n) is 14.5. The molecule has 3 fully saturated rings. The monoisotopic (exact) mass is 633 g/mol. The van der Waals surface area contributed by atoms with E-state index in [-0.39, 0.29) is 17.2 Å². The van der Waals surface area contributed by atoms with Crippen molar-refractivity contribution in [3.8, 4) is 0 Å². The van der Waals surface area contributed by atoms with Crippen molar-refractivity contribution in [1.29, 1.82) is 0 Å². The van der Waals surface area contributed by atoms with E-state index in [2.05, 4.69) is 50.7 Å². The lowest BCUT2D eigenvalue weighted by Crippen LogP contribution is -2.47. The van der Waals surface area contributed by atoms with E-state index in [9.17, 15) is 18.0 Å². The molecule has 1 saturated carbocycles. The molecule has 0 N–H and O–H groups in total. The minimum Gasteiger partial charge on any atom is -0.337 e. The average molecular weight is 634 g/mol. The highest BCUT2D eigenvalue weighted by Gasteiger charge is 2.51. The van der Waals surface area contributed by atoms with Crippen LogP contribution in [0, 0.1) is 36.7 Å². The zero-order valence-electron chi connectivity index (χ0n) is 27.1. The van der Waals surface area contributed by atoms with Crippen molar-refractivity contribution in [2.75, 3.05) is 19.6 Å². The van der Waals surface area contributed by atoms with Gasteiger partial charge in [-0.05, 0) is 113 Å². The summed E-state index contributed by atoms with van der Waals surface area (Å²) in [6, 6.07) is 6.78. The fraction of sp³-hybridized carbons (Fsp3) is 0.543. The van der Waals surface area contributed by atoms with Crippen molar-refractivity contribution in [2.45, 2.75) is 96.8 Å². The first-order valence-electron chi connectivity index (χ1n) is 16.4. The number of rotatable bonds is 9. The molecule has 0 bridgehead atoms. The summed E-state index contributed by atoms with van der Waals surface area (Å²) in [4.78, 5) is 22.7. The molecule has 4 aromatic rings. The van der Waals surface area contributed by atoms with Gasteiger partial charge in [0.1, 0.15) is 5.69 Å². The number of imidazole rings is 1. The number of amides is 1. The molecule has 1 amide bonds. The third kappa shape index (κ3) is 5.71. The van der Waals surface area contributed by atoms with Gasteiger partial charge in [-0.15, -0.1) is 5.10 Å². The maximum Gasteiger partial charge on any atom is 0.223 e. The number of aromatic nitrogens is 5. The Morgan fingerprint density at radius 3 is 2.48 bits per heavy atom. The molecule has 2 aliphatic heterocycles. The van der Waals surface area contributed by atoms with Crippen LogP contribution < -0.4 is 0 Å². The van der Waals surface area contributed by atoms with Crippen LogP contribution in [0.15, 0.2) is 36.8 Å². The number of likely N-dealkylation sites (tertiary alicyclic amines) is 2. The summed E-state index contributed by atoms with van der Waals surface area (Å²) in [7, 11) is 0. The maximum atomic E-state index is 14.0. The van der Waals surface area contributed by atoms with Crippen molar-refractivity contribution in [1.82, 2.24) is 34.3 Å². The van der Waals surface area contributed by atoms with Gasteiger partial charge in [0.15, 0.2) is 17.5 Å². The molecule has 2 saturated heterocycles. The first-order valence-corrected chi connectivity index (χ1v) is 16.4. The van der Waals surface area contributed by atoms with E-state index >= 15 is 0 Å². The smallest absolute Gasteiger partial charge is 0.223 e. The molecule has 7 rings (SSSR count). The highest BCUT2D eigenvalue weighted by molar-refractivity contribution is 5.79. The first-order chi connectivity index (χ1) is 21.9. The molecule has 1 aliphatic carbocycles. The van der Waals surface area contributed by atoms with Gasteiger partial charge in [0.05, 0.1) is 36.6 Å². The molecule has 11 heteroatoms. The quantitative estimate of drug-likeness (QED) is 0.207. The van der Waals surface area contributed by atoms with Gasteiger partial charge in [0.25, 0.3) is 0 Å². The molecule has 8 nitrogen and oxygen atoms in total. The van der Waals surface area contributed by atoms with Crippen LogP contribution in [0.1, 0.15) is 80.7 Å². The van der Waals surface area contributed by atoms with Crippen molar-refractivity contribution in [2.24, 2.45) is 5.41 Å². The number of halogens is 3. The number of carbonyl (C=O) groups is 1. The van der Waals surface area contributed by atoms with Crippen LogP contribution in [0.25, 0.3) is 11.0 Å². The van der Waals surface area contributed by atoms with Crippen LogP contribution in [0.3, 0.4) is 0 Å². The van der Waals surface area contributed by atoms with Gasteiger partial charge in [0, 0.05) is 37.0 Å². The summed E-state index contributed by atoms with van der Waals surface area (Å²) in [5.41, 5.74) is 5.15. The van der Waals surface area contributed by atoms with Crippen LogP contribution in [0.4, 0.5) is 13.2 Å². The van der Waals surface area contributed by atoms with E-state index in [0.29, 0.717) is 37.5 Å². The van der Waals surface area contributed by atoms with Crippen LogP contribution in [0.5, 0.6) is 0 Å². The Morgan fingerprint density at radius 2 is 1.74 bits per heavy atom. The van der Waals surface area contributed by atoms with Crippen molar-refractivity contribution in [3.63, 3.8) is 0 Å². The third-order valence-electron chi connectivity index (χ3n) is 11.0. The Kier molecular flexibility index (Phi) is 7.73. The Bertz CT molecular complexity index is 1770. The molecule has 2 aromatic carbocycles. The number of aryl methyl sites for hydroxylation is 2. The lowest BCUT2D eigenvalue weighted by Gasteiger charge is -2.38. The standard InChI is InChI=1S/C35H42F3N7O/c1-22-12-30-31(13-23(22)2)43(21-39-30)17-25-18-44(41-40-25)19-26-6-5-10-42(26)20-35(8-9-35)16-32(46)45-11-7-27(34(45,3)4)24-14-28(36)33(38)29(37)15-24/h12-15,18,21,26-27H,5-11,16-17,19-20H2,1-4H3. The van der Waals surface area contributed by atoms with Gasteiger partial charge in [-0.2, -0.15) is 0 Å². The van der Waals surface area contributed by atoms with Crippen LogP contribution in [0.2, 0.25) is 0 Å². The summed E-state index contributed by atoms with van der Waals surface area (Å²) in [6.07, 6.45) is 9.16. The van der Waals surface area contributed by atoms with Crippen molar-refractivity contribution < 1.29 is 18.0 Å². The minimum absolute atomic E-state index is 0.0472.